The lowest BCUT2D eigenvalue weighted by Crippen LogP contribution is -2.30. The smallest absolute Gasteiger partial charge is 0.306 e. The molecule has 0 aliphatic carbocycles. The number of carbonyl (C=O) groups is 3. The van der Waals surface area contributed by atoms with Crippen LogP contribution in [0.4, 0.5) is 0 Å². The number of unbranched alkanes of at least 4 members (excludes halogenated alkanes) is 38. The number of hydrogen-bond acceptors (Lipinski definition) is 6. The Morgan fingerprint density at radius 1 is 0.292 bits per heavy atom. The molecule has 6 heteroatoms. The van der Waals surface area contributed by atoms with Crippen LogP contribution >= 0.6 is 0 Å². The van der Waals surface area contributed by atoms with Crippen molar-refractivity contribution >= 4 is 17.9 Å². The van der Waals surface area contributed by atoms with Gasteiger partial charge in [0, 0.05) is 19.3 Å². The number of ether oxygens (including phenoxy) is 3. The fraction of sp³-hybridized carbons (Fsp3) is 0.881. The van der Waals surface area contributed by atoms with E-state index in [2.05, 4.69) is 45.1 Å². The van der Waals surface area contributed by atoms with E-state index in [4.69, 9.17) is 14.2 Å². The van der Waals surface area contributed by atoms with Gasteiger partial charge in [0.2, 0.25) is 0 Å². The van der Waals surface area contributed by atoms with E-state index in [0.717, 1.165) is 64.2 Å². The Balaban J connectivity index is 4.35. The van der Waals surface area contributed by atoms with Gasteiger partial charge in [0.15, 0.2) is 6.10 Å². The molecule has 0 aromatic rings. The van der Waals surface area contributed by atoms with Crippen LogP contribution in [0.5, 0.6) is 0 Å². The highest BCUT2D eigenvalue weighted by Crippen LogP contribution is 2.16. The Hall–Kier alpha value is -2.11. The second kappa shape index (κ2) is 54.5. The van der Waals surface area contributed by atoms with Crippen LogP contribution < -0.4 is 0 Å². The van der Waals surface area contributed by atoms with Crippen molar-refractivity contribution < 1.29 is 28.6 Å². The first-order valence-corrected chi connectivity index (χ1v) is 28.8. The van der Waals surface area contributed by atoms with E-state index >= 15 is 0 Å². The summed E-state index contributed by atoms with van der Waals surface area (Å²) in [6.07, 6.45) is 63.0. The van der Waals surface area contributed by atoms with Crippen LogP contribution in [0.1, 0.15) is 316 Å². The molecule has 0 unspecified atom stereocenters. The molecule has 0 N–H and O–H groups in total. The summed E-state index contributed by atoms with van der Waals surface area (Å²) in [5.74, 6) is -0.865. The van der Waals surface area contributed by atoms with Crippen LogP contribution in [0.2, 0.25) is 0 Å². The lowest BCUT2D eigenvalue weighted by Gasteiger charge is -2.18. The van der Waals surface area contributed by atoms with Gasteiger partial charge in [-0.3, -0.25) is 14.4 Å². The maximum atomic E-state index is 12.8. The maximum absolute atomic E-state index is 12.8. The third-order valence-corrected chi connectivity index (χ3v) is 12.9. The maximum Gasteiger partial charge on any atom is 0.306 e. The predicted molar refractivity (Wildman–Crippen MR) is 279 cm³/mol. The lowest BCUT2D eigenvalue weighted by molar-refractivity contribution is -0.167. The lowest BCUT2D eigenvalue weighted by atomic mass is 10.0. The van der Waals surface area contributed by atoms with Crippen LogP contribution in [0.25, 0.3) is 0 Å². The van der Waals surface area contributed by atoms with Crippen molar-refractivity contribution in [2.45, 2.75) is 322 Å². The quantitative estimate of drug-likeness (QED) is 0.0262. The van der Waals surface area contributed by atoms with Crippen molar-refractivity contribution in [1.82, 2.24) is 0 Å². The van der Waals surface area contributed by atoms with Gasteiger partial charge in [-0.05, 0) is 70.6 Å². The largest absolute Gasteiger partial charge is 0.462 e. The molecule has 382 valence electrons. The van der Waals surface area contributed by atoms with Crippen LogP contribution in [-0.4, -0.2) is 37.2 Å². The van der Waals surface area contributed by atoms with Crippen molar-refractivity contribution in [2.24, 2.45) is 0 Å². The van der Waals surface area contributed by atoms with Gasteiger partial charge in [-0.1, -0.05) is 251 Å². The van der Waals surface area contributed by atoms with Crippen molar-refractivity contribution in [3.8, 4) is 0 Å². The average Bonchev–Trinajstić information content (AvgIpc) is 3.30. The number of carbonyl (C=O) groups excluding carboxylic acids is 3. The van der Waals surface area contributed by atoms with Gasteiger partial charge in [0.05, 0.1) is 0 Å². The molecular weight excluding hydrogens is 805 g/mol. The van der Waals surface area contributed by atoms with Crippen LogP contribution in [0, 0.1) is 0 Å². The van der Waals surface area contributed by atoms with Gasteiger partial charge in [-0.2, -0.15) is 0 Å². The van der Waals surface area contributed by atoms with Crippen molar-refractivity contribution in [3.63, 3.8) is 0 Å². The van der Waals surface area contributed by atoms with E-state index in [-0.39, 0.29) is 31.1 Å². The first kappa shape index (κ1) is 62.9. The van der Waals surface area contributed by atoms with E-state index in [1.807, 2.05) is 0 Å². The molecule has 0 aliphatic rings. The first-order chi connectivity index (χ1) is 32.0. The third kappa shape index (κ3) is 52.7. The minimum Gasteiger partial charge on any atom is -0.462 e. The number of esters is 3. The molecule has 0 radical (unpaired) electrons. The minimum absolute atomic E-state index is 0.0712. The SMILES string of the molecule is CCCCCCCC/C=C\CCCCCCCCCC(=O)O[C@H](COC(=O)CCCCCCC/C=C\CCCCCCCC)COC(=O)CCCCCCCCCCCCCCCCC. The van der Waals surface area contributed by atoms with Crippen LogP contribution in [0.15, 0.2) is 24.3 Å². The average molecular weight is 916 g/mol. The molecule has 0 aromatic carbocycles. The zero-order valence-corrected chi connectivity index (χ0v) is 43.8. The monoisotopic (exact) mass is 915 g/mol. The van der Waals surface area contributed by atoms with Crippen LogP contribution in [0.3, 0.4) is 0 Å². The second-order valence-corrected chi connectivity index (χ2v) is 19.6. The van der Waals surface area contributed by atoms with E-state index in [0.29, 0.717) is 19.3 Å². The fourth-order valence-corrected chi connectivity index (χ4v) is 8.55. The van der Waals surface area contributed by atoms with Crippen LogP contribution in [-0.2, 0) is 28.6 Å². The van der Waals surface area contributed by atoms with Crippen molar-refractivity contribution in [3.05, 3.63) is 24.3 Å². The molecule has 0 spiro atoms. The third-order valence-electron chi connectivity index (χ3n) is 12.9. The second-order valence-electron chi connectivity index (χ2n) is 19.6. The number of hydrogen-bond donors (Lipinski definition) is 0. The molecule has 0 rings (SSSR count). The highest BCUT2D eigenvalue weighted by atomic mass is 16.6. The molecular formula is C59H110O6. The minimum atomic E-state index is -0.773. The molecule has 0 saturated carbocycles. The van der Waals surface area contributed by atoms with Crippen molar-refractivity contribution in [2.75, 3.05) is 13.2 Å². The Labute approximate surface area is 404 Å². The Kier molecular flexibility index (Phi) is 52.7. The Morgan fingerprint density at radius 2 is 0.508 bits per heavy atom. The van der Waals surface area contributed by atoms with Crippen molar-refractivity contribution in [1.29, 1.82) is 0 Å². The summed E-state index contributed by atoms with van der Waals surface area (Å²) < 4.78 is 16.9. The first-order valence-electron chi connectivity index (χ1n) is 28.8. The highest BCUT2D eigenvalue weighted by molar-refractivity contribution is 5.71. The van der Waals surface area contributed by atoms with E-state index < -0.39 is 6.10 Å². The summed E-state index contributed by atoms with van der Waals surface area (Å²) >= 11 is 0. The van der Waals surface area contributed by atoms with E-state index in [1.54, 1.807) is 0 Å². The number of rotatable bonds is 53. The fourth-order valence-electron chi connectivity index (χ4n) is 8.55. The molecule has 1 atom stereocenters. The van der Waals surface area contributed by atoms with E-state index in [9.17, 15) is 14.4 Å². The van der Waals surface area contributed by atoms with Gasteiger partial charge < -0.3 is 14.2 Å². The van der Waals surface area contributed by atoms with Gasteiger partial charge in [0.25, 0.3) is 0 Å². The summed E-state index contributed by atoms with van der Waals surface area (Å²) in [5, 5.41) is 0. The Bertz CT molecular complexity index is 1050. The molecule has 0 fully saturated rings. The normalized spacial score (nSPS) is 12.1. The molecule has 0 amide bonds. The molecule has 0 aromatic heterocycles. The zero-order valence-electron chi connectivity index (χ0n) is 43.8. The van der Waals surface area contributed by atoms with Gasteiger partial charge in [-0.25, -0.2) is 0 Å². The van der Waals surface area contributed by atoms with Gasteiger partial charge >= 0.3 is 17.9 Å². The zero-order chi connectivity index (χ0) is 47.2. The summed E-state index contributed by atoms with van der Waals surface area (Å²) in [4.78, 5) is 38.1. The predicted octanol–water partition coefficient (Wildman–Crippen LogP) is 19.1. The summed E-state index contributed by atoms with van der Waals surface area (Å²) in [6, 6.07) is 0. The molecule has 0 heterocycles. The molecule has 0 aliphatic heterocycles. The summed E-state index contributed by atoms with van der Waals surface area (Å²) in [6.45, 7) is 6.67. The molecule has 0 saturated heterocycles. The van der Waals surface area contributed by atoms with Gasteiger partial charge in [-0.15, -0.1) is 0 Å². The molecule has 65 heavy (non-hydrogen) atoms. The van der Waals surface area contributed by atoms with E-state index in [1.165, 1.54) is 212 Å². The summed E-state index contributed by atoms with van der Waals surface area (Å²) in [5.41, 5.74) is 0. The highest BCUT2D eigenvalue weighted by Gasteiger charge is 2.19. The topological polar surface area (TPSA) is 78.9 Å². The number of allylic oxidation sites excluding steroid dienone is 4. The Morgan fingerprint density at radius 3 is 0.769 bits per heavy atom. The molecule has 0 bridgehead atoms. The van der Waals surface area contributed by atoms with Gasteiger partial charge in [0.1, 0.15) is 13.2 Å². The molecule has 6 nitrogen and oxygen atoms in total. The summed E-state index contributed by atoms with van der Waals surface area (Å²) in [7, 11) is 0. The standard InChI is InChI=1S/C59H110O6/c1-4-7-10-13-16-19-22-25-28-29-32-35-38-41-44-47-50-53-59(62)65-56(54-63-57(60)51-48-45-42-39-36-33-30-26-23-20-17-14-11-8-5-2)55-64-58(61)52-49-46-43-40-37-34-31-27-24-21-18-15-12-9-6-3/h25-26,28,30,56H,4-24,27,29,31-55H2,1-3H3/b28-25-,30-26-/t56-/m1/s1.